The third-order valence-electron chi connectivity index (χ3n) is 4.04. The van der Waals surface area contributed by atoms with Gasteiger partial charge < -0.3 is 14.4 Å². The van der Waals surface area contributed by atoms with Crippen molar-refractivity contribution in [2.24, 2.45) is 7.05 Å². The van der Waals surface area contributed by atoms with Gasteiger partial charge in [0, 0.05) is 28.2 Å². The van der Waals surface area contributed by atoms with Gasteiger partial charge >= 0.3 is 5.97 Å². The number of hydrogen-bond donors (Lipinski definition) is 1. The molecule has 0 unspecified atom stereocenters. The molecule has 0 aliphatic rings. The lowest BCUT2D eigenvalue weighted by Crippen LogP contribution is -2.05. The lowest BCUT2D eigenvalue weighted by Gasteiger charge is -2.11. The molecule has 128 valence electrons. The van der Waals surface area contributed by atoms with Gasteiger partial charge in [-0.3, -0.25) is 0 Å². The smallest absolute Gasteiger partial charge is 0.352 e. The molecule has 0 spiro atoms. The van der Waals surface area contributed by atoms with Crippen molar-refractivity contribution >= 4 is 29.2 Å². The van der Waals surface area contributed by atoms with Gasteiger partial charge in [-0.15, -0.1) is 0 Å². The maximum Gasteiger partial charge on any atom is 0.352 e. The topological polar surface area (TPSA) is 51.5 Å². The molecular weight excluding hydrogens is 361 g/mol. The van der Waals surface area contributed by atoms with Gasteiger partial charge in [0.2, 0.25) is 0 Å². The normalized spacial score (nSPS) is 10.7. The van der Waals surface area contributed by atoms with E-state index in [1.165, 1.54) is 0 Å². The molecule has 3 rings (SSSR count). The monoisotopic (exact) mass is 375 g/mol. The van der Waals surface area contributed by atoms with Crippen LogP contribution in [0.5, 0.6) is 5.75 Å². The van der Waals surface area contributed by atoms with E-state index in [0.717, 1.165) is 28.1 Å². The molecule has 25 heavy (non-hydrogen) atoms. The Balaban J connectivity index is 2.26. The molecular formula is C19H15Cl2NO3. The first kappa shape index (κ1) is 17.4. The van der Waals surface area contributed by atoms with Crippen LogP contribution < -0.4 is 4.74 Å². The standard InChI is InChI=1S/C19H15Cl2NO3/c1-22-17(19(23)24)10-15(14-8-5-12(20)9-16(14)21)18(22)11-3-6-13(25-2)7-4-11/h3-10H,1-2H3,(H,23,24). The van der Waals surface area contributed by atoms with Crippen molar-refractivity contribution in [3.63, 3.8) is 0 Å². The highest BCUT2D eigenvalue weighted by atomic mass is 35.5. The second-order valence-electron chi connectivity index (χ2n) is 5.51. The lowest BCUT2D eigenvalue weighted by molar-refractivity contribution is 0.0687. The minimum absolute atomic E-state index is 0.173. The molecule has 4 nitrogen and oxygen atoms in total. The maximum absolute atomic E-state index is 11.6. The van der Waals surface area contributed by atoms with Crippen molar-refractivity contribution in [1.82, 2.24) is 4.57 Å². The van der Waals surface area contributed by atoms with E-state index in [1.807, 2.05) is 24.3 Å². The van der Waals surface area contributed by atoms with Gasteiger partial charge in [-0.2, -0.15) is 0 Å². The Hall–Kier alpha value is -2.43. The van der Waals surface area contributed by atoms with Crippen molar-refractivity contribution < 1.29 is 14.6 Å². The fraction of sp³-hybridized carbons (Fsp3) is 0.105. The Morgan fingerprint density at radius 2 is 1.72 bits per heavy atom. The first-order chi connectivity index (χ1) is 11.9. The molecule has 0 atom stereocenters. The second-order valence-corrected chi connectivity index (χ2v) is 6.35. The predicted octanol–water partition coefficient (Wildman–Crippen LogP) is 5.37. The number of carboxylic acids is 1. The summed E-state index contributed by atoms with van der Waals surface area (Å²) in [5, 5.41) is 10.5. The summed E-state index contributed by atoms with van der Waals surface area (Å²) >= 11 is 12.3. The van der Waals surface area contributed by atoms with Crippen LogP contribution in [0.3, 0.4) is 0 Å². The van der Waals surface area contributed by atoms with Crippen LogP contribution in [0.4, 0.5) is 0 Å². The molecule has 0 aliphatic carbocycles. The van der Waals surface area contributed by atoms with E-state index < -0.39 is 5.97 Å². The largest absolute Gasteiger partial charge is 0.497 e. The highest BCUT2D eigenvalue weighted by Gasteiger charge is 2.21. The van der Waals surface area contributed by atoms with Crippen LogP contribution in [-0.2, 0) is 7.05 Å². The summed E-state index contributed by atoms with van der Waals surface area (Å²) in [6.07, 6.45) is 0. The minimum Gasteiger partial charge on any atom is -0.497 e. The number of benzene rings is 2. The van der Waals surface area contributed by atoms with Gasteiger partial charge in [0.15, 0.2) is 0 Å². The van der Waals surface area contributed by atoms with E-state index in [1.54, 1.807) is 43.0 Å². The molecule has 0 saturated carbocycles. The van der Waals surface area contributed by atoms with Crippen LogP contribution in [0.15, 0.2) is 48.5 Å². The van der Waals surface area contributed by atoms with E-state index >= 15 is 0 Å². The first-order valence-corrected chi connectivity index (χ1v) is 8.21. The van der Waals surface area contributed by atoms with Crippen molar-refractivity contribution in [3.05, 3.63) is 64.3 Å². The summed E-state index contributed by atoms with van der Waals surface area (Å²) in [5.41, 5.74) is 3.24. The fourth-order valence-corrected chi connectivity index (χ4v) is 3.33. The fourth-order valence-electron chi connectivity index (χ4n) is 2.82. The summed E-state index contributed by atoms with van der Waals surface area (Å²) < 4.78 is 6.83. The summed E-state index contributed by atoms with van der Waals surface area (Å²) in [4.78, 5) is 11.6. The van der Waals surface area contributed by atoms with Gasteiger partial charge in [-0.1, -0.05) is 29.3 Å². The predicted molar refractivity (Wildman–Crippen MR) is 99.8 cm³/mol. The van der Waals surface area contributed by atoms with Gasteiger partial charge in [0.25, 0.3) is 0 Å². The Bertz CT molecular complexity index is 946. The van der Waals surface area contributed by atoms with E-state index in [9.17, 15) is 9.90 Å². The third kappa shape index (κ3) is 3.23. The molecule has 1 aromatic heterocycles. The average molecular weight is 376 g/mol. The first-order valence-electron chi connectivity index (χ1n) is 7.45. The third-order valence-corrected chi connectivity index (χ3v) is 4.58. The molecule has 3 aromatic rings. The van der Waals surface area contributed by atoms with Gasteiger partial charge in [0.05, 0.1) is 12.8 Å². The molecule has 0 saturated heterocycles. The van der Waals surface area contributed by atoms with E-state index in [2.05, 4.69) is 0 Å². The molecule has 0 radical (unpaired) electrons. The van der Waals surface area contributed by atoms with Crippen molar-refractivity contribution in [3.8, 4) is 28.1 Å². The van der Waals surface area contributed by atoms with Gasteiger partial charge in [-0.25, -0.2) is 4.79 Å². The van der Waals surface area contributed by atoms with Gasteiger partial charge in [-0.05, 0) is 48.0 Å². The number of ether oxygens (including phenoxy) is 1. The van der Waals surface area contributed by atoms with Crippen molar-refractivity contribution in [1.29, 1.82) is 0 Å². The lowest BCUT2D eigenvalue weighted by atomic mass is 10.0. The van der Waals surface area contributed by atoms with Crippen LogP contribution in [0, 0.1) is 0 Å². The zero-order valence-corrected chi connectivity index (χ0v) is 15.1. The number of rotatable bonds is 4. The zero-order chi connectivity index (χ0) is 18.1. The Morgan fingerprint density at radius 3 is 2.28 bits per heavy atom. The number of carbonyl (C=O) groups is 1. The van der Waals surface area contributed by atoms with Crippen LogP contribution in [-0.4, -0.2) is 22.8 Å². The minimum atomic E-state index is -1.01. The molecule has 1 heterocycles. The Morgan fingerprint density at radius 1 is 1.04 bits per heavy atom. The number of aromatic nitrogens is 1. The molecule has 0 amide bonds. The molecule has 0 aliphatic heterocycles. The number of nitrogens with zero attached hydrogens (tertiary/aromatic N) is 1. The quantitative estimate of drug-likeness (QED) is 0.666. The number of halogens is 2. The summed E-state index contributed by atoms with van der Waals surface area (Å²) in [6, 6.07) is 14.2. The summed E-state index contributed by atoms with van der Waals surface area (Å²) in [7, 11) is 3.31. The molecule has 0 bridgehead atoms. The molecule has 1 N–H and O–H groups in total. The molecule has 2 aromatic carbocycles. The van der Waals surface area contributed by atoms with Crippen molar-refractivity contribution in [2.45, 2.75) is 0 Å². The number of aromatic carboxylic acids is 1. The number of methoxy groups -OCH3 is 1. The van der Waals surface area contributed by atoms with Gasteiger partial charge in [0.1, 0.15) is 11.4 Å². The average Bonchev–Trinajstić information content (AvgIpc) is 2.92. The second kappa shape index (κ2) is 6.82. The van der Waals surface area contributed by atoms with E-state index in [0.29, 0.717) is 10.0 Å². The maximum atomic E-state index is 11.6. The van der Waals surface area contributed by atoms with E-state index in [-0.39, 0.29) is 5.69 Å². The van der Waals surface area contributed by atoms with Crippen molar-refractivity contribution in [2.75, 3.05) is 7.11 Å². The Kier molecular flexibility index (Phi) is 4.75. The number of carboxylic acid groups (broad SMARTS) is 1. The number of hydrogen-bond acceptors (Lipinski definition) is 2. The van der Waals surface area contributed by atoms with Crippen LogP contribution in [0.2, 0.25) is 10.0 Å². The van der Waals surface area contributed by atoms with E-state index in [4.69, 9.17) is 27.9 Å². The van der Waals surface area contributed by atoms with Crippen LogP contribution >= 0.6 is 23.2 Å². The zero-order valence-electron chi connectivity index (χ0n) is 13.6. The van der Waals surface area contributed by atoms with Crippen LogP contribution in [0.25, 0.3) is 22.4 Å². The summed E-state index contributed by atoms with van der Waals surface area (Å²) in [6.45, 7) is 0. The van der Waals surface area contributed by atoms with Crippen LogP contribution in [0.1, 0.15) is 10.5 Å². The Labute approximate surface area is 155 Å². The highest BCUT2D eigenvalue weighted by Crippen LogP contribution is 2.39. The molecule has 0 fully saturated rings. The highest BCUT2D eigenvalue weighted by molar-refractivity contribution is 6.36. The summed E-state index contributed by atoms with van der Waals surface area (Å²) in [5.74, 6) is -0.281. The molecule has 6 heteroatoms. The SMILES string of the molecule is COc1ccc(-c2c(-c3ccc(Cl)cc3Cl)cc(C(=O)O)n2C)cc1.